The van der Waals surface area contributed by atoms with E-state index in [1.165, 1.54) is 61.9 Å². The molecule has 24 nitrogen and oxygen atoms in total. The summed E-state index contributed by atoms with van der Waals surface area (Å²) in [6.45, 7) is 9.91. The Bertz CT molecular complexity index is 2800. The lowest BCUT2D eigenvalue weighted by Crippen LogP contribution is -2.65. The van der Waals surface area contributed by atoms with Crippen LogP contribution in [-0.2, 0) is 57.5 Å². The van der Waals surface area contributed by atoms with Crippen molar-refractivity contribution in [3.63, 3.8) is 0 Å². The molecular formula is C69H112ClF3N12O12. The van der Waals surface area contributed by atoms with Gasteiger partial charge in [-0.15, -0.1) is 11.6 Å². The highest BCUT2D eigenvalue weighted by Gasteiger charge is 2.51. The largest absolute Gasteiger partial charge is 0.393 e. The molecule has 0 aromatic rings. The van der Waals surface area contributed by atoms with Gasteiger partial charge in [0.1, 0.15) is 47.8 Å². The van der Waals surface area contributed by atoms with E-state index in [2.05, 4.69) is 21.3 Å². The van der Waals surface area contributed by atoms with Crippen molar-refractivity contribution in [3.05, 3.63) is 0 Å². The Kier molecular flexibility index (Phi) is 29.3. The van der Waals surface area contributed by atoms with E-state index in [1.807, 2.05) is 20.8 Å². The number of likely N-dealkylation sites (N-methyl/N-ethyl adjacent to an activating group) is 6. The van der Waals surface area contributed by atoms with Crippen LogP contribution in [0.5, 0.6) is 0 Å². The molecule has 3 saturated heterocycles. The van der Waals surface area contributed by atoms with E-state index in [9.17, 15) is 56.3 Å². The average Bonchev–Trinajstić information content (AvgIpc) is 1.71. The van der Waals surface area contributed by atoms with Crippen LogP contribution in [0.2, 0.25) is 0 Å². The third kappa shape index (κ3) is 20.9. The van der Waals surface area contributed by atoms with Gasteiger partial charge in [-0.25, -0.2) is 0 Å². The third-order valence-electron chi connectivity index (χ3n) is 21.5. The number of carbonyl (C=O) groups excluding carboxylic acids is 12. The summed E-state index contributed by atoms with van der Waals surface area (Å²) >= 11 is 6.38. The first kappa shape index (κ1) is 79.7. The predicted molar refractivity (Wildman–Crippen MR) is 358 cm³/mol. The Morgan fingerprint density at radius 3 is 1.80 bits per heavy atom. The van der Waals surface area contributed by atoms with Gasteiger partial charge in [0.05, 0.1) is 32.0 Å². The lowest BCUT2D eigenvalue weighted by atomic mass is 9.78. The second kappa shape index (κ2) is 35.7. The minimum atomic E-state index is -4.51. The number of rotatable bonds is 11. The minimum absolute atomic E-state index is 0.00102. The molecule has 28 heteroatoms. The maximum absolute atomic E-state index is 15.3. The molecule has 6 aliphatic rings. The maximum atomic E-state index is 15.3. The van der Waals surface area contributed by atoms with Crippen molar-refractivity contribution in [3.8, 4) is 0 Å². The summed E-state index contributed by atoms with van der Waals surface area (Å²) in [6, 6.07) is -8.70. The molecule has 3 unspecified atom stereocenters. The van der Waals surface area contributed by atoms with Crippen LogP contribution in [0.4, 0.5) is 13.2 Å². The number of nitrogens with one attached hydrogen (secondary N) is 4. The summed E-state index contributed by atoms with van der Waals surface area (Å²) in [5.74, 6) is -11.1. The Morgan fingerprint density at radius 2 is 1.21 bits per heavy atom. The second-order valence-electron chi connectivity index (χ2n) is 29.7. The molecule has 0 radical (unpaired) electrons. The van der Waals surface area contributed by atoms with Gasteiger partial charge in [-0.2, -0.15) is 13.2 Å². The monoisotopic (exact) mass is 1390 g/mol. The maximum Gasteiger partial charge on any atom is 0.393 e. The Labute approximate surface area is 577 Å². The fraction of sp³-hybridized carbons (Fsp3) is 0.826. The topological polar surface area (TPSA) is 279 Å². The summed E-state index contributed by atoms with van der Waals surface area (Å²) in [7, 11) is 8.47. The number of piperidine rings is 1. The zero-order valence-corrected chi connectivity index (χ0v) is 60.3. The van der Waals surface area contributed by atoms with E-state index in [4.69, 9.17) is 11.6 Å². The van der Waals surface area contributed by atoms with E-state index >= 15 is 14.4 Å². The number of likely N-dealkylation sites (tertiary alicyclic amines) is 1. The van der Waals surface area contributed by atoms with Gasteiger partial charge in [0.2, 0.25) is 70.9 Å². The number of fused-ring (bicyclic) bond motifs is 1. The smallest absolute Gasteiger partial charge is 0.343 e. The number of alkyl halides is 4. The number of nitrogens with zero attached hydrogens (tertiary/aromatic N) is 8. The number of hydrogen-bond acceptors (Lipinski definition) is 12. The van der Waals surface area contributed by atoms with Gasteiger partial charge in [0.15, 0.2) is 0 Å². The zero-order chi connectivity index (χ0) is 72.0. The highest BCUT2D eigenvalue weighted by atomic mass is 35.5. The van der Waals surface area contributed by atoms with Gasteiger partial charge in [-0.3, -0.25) is 57.5 Å². The van der Waals surface area contributed by atoms with E-state index in [1.54, 1.807) is 25.7 Å². The lowest BCUT2D eigenvalue weighted by Gasteiger charge is -2.40. The molecule has 4 N–H and O–H groups in total. The lowest BCUT2D eigenvalue weighted by molar-refractivity contribution is -0.182. The van der Waals surface area contributed by atoms with Crippen molar-refractivity contribution in [1.29, 1.82) is 0 Å². The summed E-state index contributed by atoms with van der Waals surface area (Å²) < 4.78 is 41.9. The van der Waals surface area contributed by atoms with Crippen molar-refractivity contribution in [2.75, 3.05) is 81.6 Å². The number of halogens is 4. The number of amides is 12. The van der Waals surface area contributed by atoms with E-state index in [-0.39, 0.29) is 88.5 Å². The molecular weight excluding hydrogens is 1280 g/mol. The first-order valence-electron chi connectivity index (χ1n) is 35.7. The van der Waals surface area contributed by atoms with Crippen LogP contribution in [-0.4, -0.2) is 251 Å². The predicted octanol–water partition coefficient (Wildman–Crippen LogP) is 5.22. The Hall–Kier alpha value is -6.28. The van der Waals surface area contributed by atoms with Crippen LogP contribution < -0.4 is 21.3 Å². The van der Waals surface area contributed by atoms with E-state index in [0.29, 0.717) is 51.6 Å². The van der Waals surface area contributed by atoms with Crippen molar-refractivity contribution in [2.45, 2.75) is 249 Å². The molecule has 0 aromatic heterocycles. The molecule has 548 valence electrons. The fourth-order valence-electron chi connectivity index (χ4n) is 15.3. The van der Waals surface area contributed by atoms with Gasteiger partial charge >= 0.3 is 6.18 Å². The summed E-state index contributed by atoms with van der Waals surface area (Å²) in [4.78, 5) is 187. The van der Waals surface area contributed by atoms with Crippen molar-refractivity contribution in [2.24, 2.45) is 35.5 Å². The molecule has 3 heterocycles. The van der Waals surface area contributed by atoms with Gasteiger partial charge in [-0.05, 0) is 119 Å². The van der Waals surface area contributed by atoms with Crippen molar-refractivity contribution in [1.82, 2.24) is 60.5 Å². The van der Waals surface area contributed by atoms with Crippen molar-refractivity contribution < 1.29 is 70.7 Å². The molecule has 97 heavy (non-hydrogen) atoms. The second-order valence-corrected chi connectivity index (χ2v) is 30.2. The molecule has 6 rings (SSSR count). The molecule has 6 fully saturated rings. The third-order valence-corrected chi connectivity index (χ3v) is 22.0. The van der Waals surface area contributed by atoms with Gasteiger partial charge in [-0.1, -0.05) is 92.9 Å². The SMILES string of the molecule is CC[C@H](C)[C@@H]1NC(=O)[C@H](CC(C)C)N(C)C(=O)C[C@@H](C(=O)N2CCCCC2)NC(=O)[C@H](C(C)C)N(C)C(=O)C2(CCCC2)NC(=O)[C@@H]2CCCN2C(=O)[C@H](CCC2CCC(C(F)(F)F)C(Cl)C2)NC(=O)CN(C)C(=O)[C@H](CC2CCCCC2)N(C)C(=O)CN(C)C(=O)CN(C)C1=O. The molecule has 1 spiro atoms. The van der Waals surface area contributed by atoms with E-state index < -0.39 is 174 Å². The molecule has 3 saturated carbocycles. The molecule has 3 aliphatic carbocycles. The van der Waals surface area contributed by atoms with Crippen LogP contribution in [0.3, 0.4) is 0 Å². The number of carbonyl (C=O) groups is 12. The first-order valence-corrected chi connectivity index (χ1v) is 36.1. The van der Waals surface area contributed by atoms with Gasteiger partial charge in [0.25, 0.3) is 0 Å². The summed E-state index contributed by atoms with van der Waals surface area (Å²) in [5, 5.41) is 10.3. The Morgan fingerprint density at radius 1 is 0.598 bits per heavy atom. The zero-order valence-electron chi connectivity index (χ0n) is 59.6. The van der Waals surface area contributed by atoms with Crippen LogP contribution in [0.25, 0.3) is 0 Å². The first-order chi connectivity index (χ1) is 45.6. The van der Waals surface area contributed by atoms with E-state index in [0.717, 1.165) is 53.2 Å². The highest BCUT2D eigenvalue weighted by molar-refractivity contribution is 6.21. The average molecular weight is 1390 g/mol. The van der Waals surface area contributed by atoms with Crippen LogP contribution in [0.15, 0.2) is 0 Å². The Balaban J connectivity index is 1.39. The summed E-state index contributed by atoms with van der Waals surface area (Å²) in [6.07, 6.45) is 4.22. The number of hydrogen-bond donors (Lipinski definition) is 4. The molecule has 0 aromatic carbocycles. The molecule has 12 amide bonds. The normalized spacial score (nSPS) is 29.5. The van der Waals surface area contributed by atoms with Crippen molar-refractivity contribution >= 4 is 82.5 Å². The summed E-state index contributed by atoms with van der Waals surface area (Å²) in [5.41, 5.74) is -1.56. The molecule has 11 atom stereocenters. The van der Waals surface area contributed by atoms with Gasteiger partial charge in [0, 0.05) is 67.3 Å². The van der Waals surface area contributed by atoms with Crippen LogP contribution >= 0.6 is 11.6 Å². The van der Waals surface area contributed by atoms with Crippen LogP contribution in [0.1, 0.15) is 189 Å². The molecule has 0 bridgehead atoms. The molecule has 3 aliphatic heterocycles. The minimum Gasteiger partial charge on any atom is -0.343 e. The van der Waals surface area contributed by atoms with Gasteiger partial charge < -0.3 is 60.5 Å². The fourth-order valence-corrected chi connectivity index (χ4v) is 15.9. The van der Waals surface area contributed by atoms with Crippen LogP contribution in [0, 0.1) is 35.5 Å². The quantitative estimate of drug-likeness (QED) is 0.194. The highest BCUT2D eigenvalue weighted by Crippen LogP contribution is 2.44. The standard InChI is InChI=1S/C69H112ClF3N12O12/c1-13-44(6)58-66(96)80(9)40-56(88)78(7)41-57(89)82(11)53(37-45-23-16-14-17-24-45)65(95)79(8)39-54(86)74-49(29-27-46-26-28-47(48(70)36-46)69(71,72)73)64(94)85-34-22-25-51(85)61(91)77-68(30-18-19-31-68)67(97)83(12)59(43(4)5)62(92)75-50(63(93)84-32-20-15-21-33-84)38-55(87)81(10)52(35-42(2)3)60(90)76-58/h42-53,58-59H,13-41H2,1-12H3,(H,74,86)(H,75,92)(H,76,90)(H,77,91)/t44-,46?,47?,48?,49-,50-,51-,52-,53-,58-,59-/m0/s1.